The summed E-state index contributed by atoms with van der Waals surface area (Å²) in [7, 11) is 0. The van der Waals surface area contributed by atoms with Crippen LogP contribution in [0.3, 0.4) is 0 Å². The van der Waals surface area contributed by atoms with E-state index in [1.54, 1.807) is 0 Å². The zero-order valence-electron chi connectivity index (χ0n) is 10.8. The molecule has 0 atom stereocenters. The lowest BCUT2D eigenvalue weighted by atomic mass is 10.2. The van der Waals surface area contributed by atoms with Gasteiger partial charge in [-0.3, -0.25) is 4.79 Å². The van der Waals surface area contributed by atoms with Crippen molar-refractivity contribution in [1.29, 1.82) is 0 Å². The van der Waals surface area contributed by atoms with E-state index in [9.17, 15) is 4.79 Å². The minimum Gasteiger partial charge on any atom is -1.00 e. The van der Waals surface area contributed by atoms with Gasteiger partial charge in [0.25, 0.3) is 5.91 Å². The van der Waals surface area contributed by atoms with Crippen molar-refractivity contribution in [2.75, 3.05) is 5.32 Å². The van der Waals surface area contributed by atoms with Gasteiger partial charge < -0.3 is 29.3 Å². The zero-order chi connectivity index (χ0) is 12.8. The van der Waals surface area contributed by atoms with Crippen molar-refractivity contribution in [2.24, 2.45) is 0 Å². The highest BCUT2D eigenvalue weighted by atomic mass is 127. The molecule has 1 amide bonds. The van der Waals surface area contributed by atoms with E-state index < -0.39 is 0 Å². The molecule has 0 unspecified atom stereocenters. The second kappa shape index (κ2) is 7.89. The number of aromatic nitrogens is 1. The summed E-state index contributed by atoms with van der Waals surface area (Å²) < 4.78 is 2.03. The molecule has 0 saturated carbocycles. The maximum absolute atomic E-state index is 12.0. The van der Waals surface area contributed by atoms with Gasteiger partial charge in [0.1, 0.15) is 12.1 Å². The Kier molecular flexibility index (Phi) is 6.49. The van der Waals surface area contributed by atoms with Gasteiger partial charge in [-0.1, -0.05) is 25.1 Å². The zero-order valence-corrected chi connectivity index (χ0v) is 13.0. The van der Waals surface area contributed by atoms with Crippen molar-refractivity contribution in [3.63, 3.8) is 0 Å². The van der Waals surface area contributed by atoms with Crippen LogP contribution in [-0.4, -0.2) is 5.91 Å². The Labute approximate surface area is 130 Å². The third kappa shape index (κ3) is 4.63. The normalized spacial score (nSPS) is 9.53. The van der Waals surface area contributed by atoms with Crippen LogP contribution in [0.25, 0.3) is 0 Å². The van der Waals surface area contributed by atoms with Crippen LogP contribution in [0.1, 0.15) is 23.7 Å². The molecule has 0 aliphatic heterocycles. The van der Waals surface area contributed by atoms with Gasteiger partial charge in [0.05, 0.1) is 0 Å². The fourth-order valence-electron chi connectivity index (χ4n) is 1.78. The van der Waals surface area contributed by atoms with Crippen LogP contribution in [0, 0.1) is 0 Å². The topological polar surface area (TPSA) is 33.0 Å². The Morgan fingerprint density at radius 2 is 1.89 bits per heavy atom. The van der Waals surface area contributed by atoms with Crippen molar-refractivity contribution < 1.29 is 33.3 Å². The molecule has 4 heteroatoms. The lowest BCUT2D eigenvalue weighted by Gasteiger charge is -2.04. The van der Waals surface area contributed by atoms with Crippen LogP contribution >= 0.6 is 0 Å². The molecule has 19 heavy (non-hydrogen) atoms. The SMILES string of the molecule is CCC[n+]1cccc(C(=O)Nc2ccccc2)c1.[I-]. The first-order valence-corrected chi connectivity index (χ1v) is 6.15. The number of amides is 1. The summed E-state index contributed by atoms with van der Waals surface area (Å²) in [6, 6.07) is 13.2. The maximum atomic E-state index is 12.0. The minimum atomic E-state index is -0.0772. The van der Waals surface area contributed by atoms with E-state index in [1.807, 2.05) is 59.4 Å². The van der Waals surface area contributed by atoms with Crippen LogP contribution in [0.5, 0.6) is 0 Å². The highest BCUT2D eigenvalue weighted by molar-refractivity contribution is 6.03. The average Bonchev–Trinajstić information content (AvgIpc) is 2.40. The minimum absolute atomic E-state index is 0. The summed E-state index contributed by atoms with van der Waals surface area (Å²) in [6.45, 7) is 3.04. The molecule has 0 fully saturated rings. The summed E-state index contributed by atoms with van der Waals surface area (Å²) in [5, 5.41) is 2.88. The third-order valence-electron chi connectivity index (χ3n) is 2.63. The first-order chi connectivity index (χ1) is 8.79. The Morgan fingerprint density at radius 3 is 2.58 bits per heavy atom. The number of nitrogens with zero attached hydrogens (tertiary/aromatic N) is 1. The number of pyridine rings is 1. The molecule has 0 aliphatic rings. The van der Waals surface area contributed by atoms with Crippen LogP contribution in [0.15, 0.2) is 54.9 Å². The van der Waals surface area contributed by atoms with E-state index >= 15 is 0 Å². The van der Waals surface area contributed by atoms with Gasteiger partial charge in [-0.15, -0.1) is 0 Å². The van der Waals surface area contributed by atoms with E-state index in [0.717, 1.165) is 18.7 Å². The smallest absolute Gasteiger partial charge is 0.261 e. The molecule has 1 heterocycles. The van der Waals surface area contributed by atoms with Crippen molar-refractivity contribution in [3.8, 4) is 0 Å². The fraction of sp³-hybridized carbons (Fsp3) is 0.200. The molecule has 1 aromatic heterocycles. The Hall–Kier alpha value is -1.43. The van der Waals surface area contributed by atoms with Gasteiger partial charge >= 0.3 is 0 Å². The second-order valence-corrected chi connectivity index (χ2v) is 4.15. The molecule has 100 valence electrons. The summed E-state index contributed by atoms with van der Waals surface area (Å²) in [5.74, 6) is -0.0772. The maximum Gasteiger partial charge on any atom is 0.261 e. The monoisotopic (exact) mass is 368 g/mol. The van der Waals surface area contributed by atoms with E-state index in [4.69, 9.17) is 0 Å². The first-order valence-electron chi connectivity index (χ1n) is 6.15. The van der Waals surface area contributed by atoms with Gasteiger partial charge in [0.15, 0.2) is 12.4 Å². The number of hydrogen-bond acceptors (Lipinski definition) is 1. The van der Waals surface area contributed by atoms with Crippen LogP contribution in [0.2, 0.25) is 0 Å². The standard InChI is InChI=1S/C15H16N2O.HI/c1-2-10-17-11-6-7-13(12-17)15(18)16-14-8-4-3-5-9-14;/h3-9,11-12H,2,10H2,1H3;1H. The number of carbonyl (C=O) groups is 1. The molecule has 2 aromatic rings. The van der Waals surface area contributed by atoms with Gasteiger partial charge in [-0.05, 0) is 18.2 Å². The van der Waals surface area contributed by atoms with E-state index in [1.165, 1.54) is 0 Å². The van der Waals surface area contributed by atoms with Crippen LogP contribution in [0.4, 0.5) is 5.69 Å². The molecule has 0 bridgehead atoms. The number of aryl methyl sites for hydroxylation is 1. The molecule has 1 N–H and O–H groups in total. The molecule has 3 nitrogen and oxygen atoms in total. The molecule has 1 aromatic carbocycles. The number of anilines is 1. The van der Waals surface area contributed by atoms with Crippen LogP contribution in [-0.2, 0) is 6.54 Å². The molecule has 0 radical (unpaired) electrons. The molecule has 0 spiro atoms. The number of para-hydroxylation sites is 1. The van der Waals surface area contributed by atoms with E-state index in [2.05, 4.69) is 12.2 Å². The number of carbonyl (C=O) groups excluding carboxylic acids is 1. The van der Waals surface area contributed by atoms with Gasteiger partial charge in [-0.2, -0.15) is 0 Å². The highest BCUT2D eigenvalue weighted by Gasteiger charge is 2.10. The molecular formula is C15H17IN2O. The van der Waals surface area contributed by atoms with E-state index in [-0.39, 0.29) is 29.9 Å². The van der Waals surface area contributed by atoms with Crippen LogP contribution < -0.4 is 33.9 Å². The van der Waals surface area contributed by atoms with Crippen molar-refractivity contribution in [3.05, 3.63) is 60.4 Å². The number of rotatable bonds is 4. The average molecular weight is 368 g/mol. The largest absolute Gasteiger partial charge is 1.00 e. The first kappa shape index (κ1) is 15.6. The summed E-state index contributed by atoms with van der Waals surface area (Å²) >= 11 is 0. The predicted octanol–water partition coefficient (Wildman–Crippen LogP) is -0.360. The molecular weight excluding hydrogens is 351 g/mol. The number of nitrogens with one attached hydrogen (secondary N) is 1. The van der Waals surface area contributed by atoms with Crippen molar-refractivity contribution >= 4 is 11.6 Å². The Morgan fingerprint density at radius 1 is 1.16 bits per heavy atom. The van der Waals surface area contributed by atoms with Crippen molar-refractivity contribution in [1.82, 2.24) is 0 Å². The number of benzene rings is 1. The molecule has 0 aliphatic carbocycles. The third-order valence-corrected chi connectivity index (χ3v) is 2.63. The lowest BCUT2D eigenvalue weighted by molar-refractivity contribution is -0.697. The summed E-state index contributed by atoms with van der Waals surface area (Å²) in [6.07, 6.45) is 4.90. The fourth-order valence-corrected chi connectivity index (χ4v) is 1.78. The van der Waals surface area contributed by atoms with E-state index in [0.29, 0.717) is 5.56 Å². The lowest BCUT2D eigenvalue weighted by Crippen LogP contribution is -3.00. The van der Waals surface area contributed by atoms with Crippen molar-refractivity contribution in [2.45, 2.75) is 19.9 Å². The summed E-state index contributed by atoms with van der Waals surface area (Å²) in [4.78, 5) is 12.0. The second-order valence-electron chi connectivity index (χ2n) is 4.15. The molecule has 2 rings (SSSR count). The number of halogens is 1. The van der Waals surface area contributed by atoms with Gasteiger partial charge in [0, 0.05) is 18.2 Å². The predicted molar refractivity (Wildman–Crippen MR) is 71.3 cm³/mol. The number of hydrogen-bond donors (Lipinski definition) is 1. The Balaban J connectivity index is 0.00000180. The highest BCUT2D eigenvalue weighted by Crippen LogP contribution is 2.07. The van der Waals surface area contributed by atoms with Gasteiger partial charge in [0.2, 0.25) is 0 Å². The summed E-state index contributed by atoms with van der Waals surface area (Å²) in [5.41, 5.74) is 1.49. The Bertz CT molecular complexity index is 529. The molecule has 0 saturated heterocycles. The van der Waals surface area contributed by atoms with Gasteiger partial charge in [-0.25, -0.2) is 4.57 Å². The quantitative estimate of drug-likeness (QED) is 0.581.